The first-order valence-corrected chi connectivity index (χ1v) is 3.95. The Morgan fingerprint density at radius 2 is 2.08 bits per heavy atom. The highest BCUT2D eigenvalue weighted by Crippen LogP contribution is 2.12. The molecular weight excluding hydrogens is 172 g/mol. The summed E-state index contributed by atoms with van der Waals surface area (Å²) in [7, 11) is 0. The lowest BCUT2D eigenvalue weighted by atomic mass is 10.1. The Morgan fingerprint density at radius 1 is 1.46 bits per heavy atom. The number of hydrogen-bond donors (Lipinski definition) is 3. The van der Waals surface area contributed by atoms with Crippen molar-refractivity contribution in [3.63, 3.8) is 0 Å². The van der Waals surface area contributed by atoms with E-state index in [9.17, 15) is 15.0 Å². The Hall–Kier alpha value is -1.13. The summed E-state index contributed by atoms with van der Waals surface area (Å²) >= 11 is 0. The minimum atomic E-state index is -1.93. The lowest BCUT2D eigenvalue weighted by molar-refractivity contribution is -0.139. The third-order valence-corrected chi connectivity index (χ3v) is 1.43. The van der Waals surface area contributed by atoms with Gasteiger partial charge in [-0.05, 0) is 12.5 Å². The molecule has 4 nitrogen and oxygen atoms in total. The van der Waals surface area contributed by atoms with Crippen LogP contribution in [-0.4, -0.2) is 27.1 Å². The maximum atomic E-state index is 10.1. The Bertz CT molecular complexity index is 206. The van der Waals surface area contributed by atoms with Gasteiger partial charge in [0.2, 0.25) is 0 Å². The van der Waals surface area contributed by atoms with Gasteiger partial charge in [0, 0.05) is 12.8 Å². The number of rotatable bonds is 6. The molecule has 0 radical (unpaired) electrons. The molecule has 0 aromatic rings. The van der Waals surface area contributed by atoms with Crippen molar-refractivity contribution in [1.82, 2.24) is 0 Å². The van der Waals surface area contributed by atoms with Crippen molar-refractivity contribution >= 4 is 5.97 Å². The molecule has 74 valence electrons. The third kappa shape index (κ3) is 7.24. The fourth-order valence-corrected chi connectivity index (χ4v) is 0.805. The van der Waals surface area contributed by atoms with Crippen molar-refractivity contribution < 1.29 is 20.1 Å². The van der Waals surface area contributed by atoms with Gasteiger partial charge in [-0.25, -0.2) is 0 Å². The molecule has 0 aliphatic heterocycles. The molecule has 0 aromatic heterocycles. The van der Waals surface area contributed by atoms with Gasteiger partial charge < -0.3 is 15.3 Å². The van der Waals surface area contributed by atoms with Crippen LogP contribution in [0.25, 0.3) is 0 Å². The van der Waals surface area contributed by atoms with Crippen molar-refractivity contribution in [3.05, 3.63) is 24.8 Å². The Morgan fingerprint density at radius 3 is 2.54 bits per heavy atom. The first kappa shape index (κ1) is 11.9. The molecule has 0 unspecified atom stereocenters. The highest BCUT2D eigenvalue weighted by molar-refractivity contribution is 5.66. The van der Waals surface area contributed by atoms with E-state index in [-0.39, 0.29) is 19.3 Å². The molecule has 0 fully saturated rings. The van der Waals surface area contributed by atoms with E-state index in [0.717, 1.165) is 0 Å². The maximum absolute atomic E-state index is 10.1. The lowest BCUT2D eigenvalue weighted by Gasteiger charge is -2.16. The number of carboxylic acids is 1. The van der Waals surface area contributed by atoms with Gasteiger partial charge >= 0.3 is 5.97 Å². The molecule has 0 saturated heterocycles. The molecule has 0 atom stereocenters. The summed E-state index contributed by atoms with van der Waals surface area (Å²) in [5.74, 6) is -2.87. The second-order valence-electron chi connectivity index (χ2n) is 2.72. The SMILES string of the molecule is C=CC=CC(O)(O)CCCC(=O)O. The van der Waals surface area contributed by atoms with E-state index in [2.05, 4.69) is 6.58 Å². The first-order valence-electron chi connectivity index (χ1n) is 3.95. The van der Waals surface area contributed by atoms with Gasteiger partial charge in [-0.2, -0.15) is 0 Å². The van der Waals surface area contributed by atoms with Gasteiger partial charge in [-0.1, -0.05) is 18.7 Å². The molecule has 0 aliphatic rings. The second-order valence-corrected chi connectivity index (χ2v) is 2.72. The largest absolute Gasteiger partial charge is 0.481 e. The normalized spacial score (nSPS) is 11.8. The van der Waals surface area contributed by atoms with Crippen molar-refractivity contribution in [1.29, 1.82) is 0 Å². The molecule has 3 N–H and O–H groups in total. The Balaban J connectivity index is 3.81. The zero-order valence-corrected chi connectivity index (χ0v) is 7.31. The topological polar surface area (TPSA) is 77.8 Å². The standard InChI is InChI=1S/C9H14O4/c1-2-3-6-9(12,13)7-4-5-8(10)11/h2-3,6,12-13H,1,4-5,7H2,(H,10,11). The van der Waals surface area contributed by atoms with E-state index in [0.29, 0.717) is 0 Å². The molecular formula is C9H14O4. The Labute approximate surface area is 76.8 Å². The van der Waals surface area contributed by atoms with Crippen molar-refractivity contribution in [2.24, 2.45) is 0 Å². The van der Waals surface area contributed by atoms with Gasteiger partial charge in [0.25, 0.3) is 0 Å². The van der Waals surface area contributed by atoms with E-state index < -0.39 is 11.8 Å². The van der Waals surface area contributed by atoms with Crippen molar-refractivity contribution in [2.75, 3.05) is 0 Å². The quantitative estimate of drug-likeness (QED) is 0.420. The van der Waals surface area contributed by atoms with E-state index in [1.165, 1.54) is 18.2 Å². The second kappa shape index (κ2) is 5.50. The fourth-order valence-electron chi connectivity index (χ4n) is 0.805. The molecule has 13 heavy (non-hydrogen) atoms. The third-order valence-electron chi connectivity index (χ3n) is 1.43. The van der Waals surface area contributed by atoms with Crippen LogP contribution >= 0.6 is 0 Å². The van der Waals surface area contributed by atoms with Crippen LogP contribution in [0.15, 0.2) is 24.8 Å². The predicted octanol–water partition coefficient (Wildman–Crippen LogP) is 0.664. The molecule has 0 amide bonds. The molecule has 0 heterocycles. The summed E-state index contributed by atoms with van der Waals surface area (Å²) in [6.45, 7) is 3.37. The summed E-state index contributed by atoms with van der Waals surface area (Å²) in [6, 6.07) is 0. The van der Waals surface area contributed by atoms with Crippen LogP contribution in [0.3, 0.4) is 0 Å². The average molecular weight is 186 g/mol. The average Bonchev–Trinajstić information content (AvgIpc) is 2.00. The number of hydrogen-bond acceptors (Lipinski definition) is 3. The summed E-state index contributed by atoms with van der Waals surface area (Å²) < 4.78 is 0. The van der Waals surface area contributed by atoms with E-state index in [4.69, 9.17) is 5.11 Å². The highest BCUT2D eigenvalue weighted by Gasteiger charge is 2.18. The number of carbonyl (C=O) groups is 1. The zero-order chi connectivity index (χ0) is 10.3. The molecule has 4 heteroatoms. The van der Waals surface area contributed by atoms with E-state index >= 15 is 0 Å². The summed E-state index contributed by atoms with van der Waals surface area (Å²) in [5, 5.41) is 26.7. The summed E-state index contributed by atoms with van der Waals surface area (Å²) in [6.07, 6.45) is 4.15. The maximum Gasteiger partial charge on any atom is 0.303 e. The van der Waals surface area contributed by atoms with Crippen LogP contribution in [0.2, 0.25) is 0 Å². The van der Waals surface area contributed by atoms with E-state index in [1.54, 1.807) is 0 Å². The summed E-state index contributed by atoms with van der Waals surface area (Å²) in [4.78, 5) is 10.1. The van der Waals surface area contributed by atoms with Crippen LogP contribution in [0.5, 0.6) is 0 Å². The summed E-state index contributed by atoms with van der Waals surface area (Å²) in [5.41, 5.74) is 0. The number of allylic oxidation sites excluding steroid dienone is 2. The van der Waals surface area contributed by atoms with Gasteiger partial charge in [0.1, 0.15) is 0 Å². The number of carboxylic acid groups (broad SMARTS) is 1. The smallest absolute Gasteiger partial charge is 0.303 e. The molecule has 0 aromatic carbocycles. The lowest BCUT2D eigenvalue weighted by Crippen LogP contribution is -2.24. The minimum absolute atomic E-state index is 0.00361. The van der Waals surface area contributed by atoms with E-state index in [1.807, 2.05) is 0 Å². The molecule has 0 saturated carbocycles. The molecule has 0 spiro atoms. The molecule has 0 rings (SSSR count). The number of aliphatic hydroxyl groups is 2. The van der Waals surface area contributed by atoms with Crippen LogP contribution in [0.1, 0.15) is 19.3 Å². The highest BCUT2D eigenvalue weighted by atomic mass is 16.5. The monoisotopic (exact) mass is 186 g/mol. The van der Waals surface area contributed by atoms with Gasteiger partial charge in [0.15, 0.2) is 5.79 Å². The first-order chi connectivity index (χ1) is 5.98. The predicted molar refractivity (Wildman–Crippen MR) is 48.0 cm³/mol. The minimum Gasteiger partial charge on any atom is -0.481 e. The van der Waals surface area contributed by atoms with Crippen LogP contribution in [0.4, 0.5) is 0 Å². The van der Waals surface area contributed by atoms with Gasteiger partial charge in [-0.3, -0.25) is 4.79 Å². The van der Waals surface area contributed by atoms with Gasteiger partial charge in [0.05, 0.1) is 0 Å². The number of aliphatic carboxylic acids is 1. The van der Waals surface area contributed by atoms with Crippen LogP contribution in [0, 0.1) is 0 Å². The zero-order valence-electron chi connectivity index (χ0n) is 7.31. The Kier molecular flexibility index (Phi) is 5.03. The van der Waals surface area contributed by atoms with Crippen LogP contribution < -0.4 is 0 Å². The van der Waals surface area contributed by atoms with Crippen LogP contribution in [-0.2, 0) is 4.79 Å². The molecule has 0 aliphatic carbocycles. The van der Waals surface area contributed by atoms with Crippen molar-refractivity contribution in [3.8, 4) is 0 Å². The fraction of sp³-hybridized carbons (Fsp3) is 0.444. The van der Waals surface area contributed by atoms with Gasteiger partial charge in [-0.15, -0.1) is 0 Å². The molecule has 0 bridgehead atoms. The van der Waals surface area contributed by atoms with Crippen molar-refractivity contribution in [2.45, 2.75) is 25.0 Å².